The molecule has 0 aliphatic rings. The molecule has 1 aromatic carbocycles. The van der Waals surface area contributed by atoms with Gasteiger partial charge >= 0.3 is 0 Å². The average Bonchev–Trinajstić information content (AvgIpc) is 2.46. The van der Waals surface area contributed by atoms with Crippen LogP contribution in [0.25, 0.3) is 0 Å². The van der Waals surface area contributed by atoms with Crippen molar-refractivity contribution in [1.29, 1.82) is 0 Å². The van der Waals surface area contributed by atoms with E-state index in [1.165, 1.54) is 17.8 Å². The average molecular weight is 307 g/mol. The molecule has 2 N–H and O–H groups in total. The number of hydrogen-bond acceptors (Lipinski definition) is 3. The molecule has 0 unspecified atom stereocenters. The van der Waals surface area contributed by atoms with Gasteiger partial charge in [-0.25, -0.2) is 9.37 Å². The summed E-state index contributed by atoms with van der Waals surface area (Å²) in [5.41, 5.74) is 6.61. The molecular formula is C15H12ClFN2S. The first-order chi connectivity index (χ1) is 9.70. The summed E-state index contributed by atoms with van der Waals surface area (Å²) in [5.74, 6) is 5.68. The largest absolute Gasteiger partial charge is 0.320 e. The molecule has 0 aliphatic heterocycles. The van der Waals surface area contributed by atoms with E-state index < -0.39 is 0 Å². The minimum atomic E-state index is -0.337. The lowest BCUT2D eigenvalue weighted by atomic mass is 10.1. The maximum Gasteiger partial charge on any atom is 0.138 e. The van der Waals surface area contributed by atoms with E-state index in [-0.39, 0.29) is 12.4 Å². The van der Waals surface area contributed by atoms with E-state index in [2.05, 4.69) is 16.8 Å². The fourth-order valence-corrected chi connectivity index (χ4v) is 2.64. The Bertz CT molecular complexity index is 664. The van der Waals surface area contributed by atoms with Crippen LogP contribution in [0.15, 0.2) is 41.6 Å². The van der Waals surface area contributed by atoms with Gasteiger partial charge in [0.1, 0.15) is 10.8 Å². The van der Waals surface area contributed by atoms with Crippen LogP contribution in [0, 0.1) is 17.7 Å². The summed E-state index contributed by atoms with van der Waals surface area (Å²) in [6.07, 6.45) is 1.69. The summed E-state index contributed by atoms with van der Waals surface area (Å²) in [4.78, 5) is 4.20. The number of halogens is 2. The van der Waals surface area contributed by atoms with Gasteiger partial charge in [-0.1, -0.05) is 29.5 Å². The topological polar surface area (TPSA) is 38.9 Å². The van der Waals surface area contributed by atoms with Gasteiger partial charge in [0.15, 0.2) is 0 Å². The van der Waals surface area contributed by atoms with Crippen molar-refractivity contribution in [1.82, 2.24) is 4.98 Å². The second kappa shape index (κ2) is 7.30. The Morgan fingerprint density at radius 1 is 1.35 bits per heavy atom. The molecule has 0 atom stereocenters. The summed E-state index contributed by atoms with van der Waals surface area (Å²) in [6.45, 7) is 0.210. The summed E-state index contributed by atoms with van der Waals surface area (Å²) in [5, 5.41) is 1.37. The predicted molar refractivity (Wildman–Crippen MR) is 81.1 cm³/mol. The van der Waals surface area contributed by atoms with Crippen LogP contribution in [0.1, 0.15) is 11.1 Å². The van der Waals surface area contributed by atoms with Gasteiger partial charge in [0, 0.05) is 11.9 Å². The molecule has 2 rings (SSSR count). The highest BCUT2D eigenvalue weighted by atomic mass is 35.5. The smallest absolute Gasteiger partial charge is 0.138 e. The van der Waals surface area contributed by atoms with Gasteiger partial charge in [0.05, 0.1) is 17.1 Å². The van der Waals surface area contributed by atoms with Crippen LogP contribution in [0.5, 0.6) is 0 Å². The second-order valence-electron chi connectivity index (χ2n) is 3.90. The molecule has 2 nitrogen and oxygen atoms in total. The zero-order valence-corrected chi connectivity index (χ0v) is 12.1. The summed E-state index contributed by atoms with van der Waals surface area (Å²) >= 11 is 7.54. The zero-order chi connectivity index (χ0) is 14.4. The number of benzene rings is 1. The molecular weight excluding hydrogens is 295 g/mol. The normalized spacial score (nSPS) is 9.95. The van der Waals surface area contributed by atoms with E-state index in [9.17, 15) is 4.39 Å². The van der Waals surface area contributed by atoms with Crippen LogP contribution in [0.2, 0.25) is 5.02 Å². The number of nitrogens with two attached hydrogens (primary N) is 1. The Morgan fingerprint density at radius 3 is 2.95 bits per heavy atom. The molecule has 0 radical (unpaired) electrons. The highest BCUT2D eigenvalue weighted by Crippen LogP contribution is 2.27. The quantitative estimate of drug-likeness (QED) is 0.697. The maximum absolute atomic E-state index is 13.5. The molecule has 102 valence electrons. The predicted octanol–water partition coefficient (Wildman–Crippen LogP) is 3.48. The standard InChI is InChI=1S/C15H12ClFN2S/c16-13-4-2-8-19-15(13)20-10-11-5-6-14(17)12(9-11)3-1-7-18/h2,4-6,8-9H,7,10,18H2. The Labute approximate surface area is 126 Å². The van der Waals surface area contributed by atoms with E-state index in [1.54, 1.807) is 30.5 Å². The van der Waals surface area contributed by atoms with E-state index in [4.69, 9.17) is 17.3 Å². The molecule has 0 fully saturated rings. The van der Waals surface area contributed by atoms with Gasteiger partial charge in [-0.05, 0) is 29.8 Å². The van der Waals surface area contributed by atoms with Crippen LogP contribution >= 0.6 is 23.4 Å². The molecule has 1 aromatic heterocycles. The lowest BCUT2D eigenvalue weighted by Crippen LogP contribution is -1.94. The van der Waals surface area contributed by atoms with Crippen LogP contribution in [0.4, 0.5) is 4.39 Å². The SMILES string of the molecule is NCC#Cc1cc(CSc2ncccc2Cl)ccc1F. The Kier molecular flexibility index (Phi) is 5.42. The van der Waals surface area contributed by atoms with Gasteiger partial charge < -0.3 is 5.73 Å². The van der Waals surface area contributed by atoms with E-state index in [0.29, 0.717) is 16.3 Å². The van der Waals surface area contributed by atoms with Crippen molar-refractivity contribution >= 4 is 23.4 Å². The van der Waals surface area contributed by atoms with Crippen molar-refractivity contribution in [3.8, 4) is 11.8 Å². The molecule has 0 saturated heterocycles. The highest BCUT2D eigenvalue weighted by molar-refractivity contribution is 7.98. The zero-order valence-electron chi connectivity index (χ0n) is 10.6. The van der Waals surface area contributed by atoms with Crippen LogP contribution in [-0.2, 0) is 5.75 Å². The molecule has 0 amide bonds. The summed E-state index contributed by atoms with van der Waals surface area (Å²) in [7, 11) is 0. The van der Waals surface area contributed by atoms with Crippen molar-refractivity contribution in [2.45, 2.75) is 10.8 Å². The van der Waals surface area contributed by atoms with E-state index >= 15 is 0 Å². The lowest BCUT2D eigenvalue weighted by molar-refractivity contribution is 0.624. The first kappa shape index (κ1) is 14.9. The molecule has 20 heavy (non-hydrogen) atoms. The fourth-order valence-electron chi connectivity index (χ4n) is 1.53. The number of nitrogens with zero attached hydrogens (tertiary/aromatic N) is 1. The number of aromatic nitrogens is 1. The highest BCUT2D eigenvalue weighted by Gasteiger charge is 2.05. The van der Waals surface area contributed by atoms with Crippen molar-refractivity contribution in [3.05, 3.63) is 58.5 Å². The maximum atomic E-state index is 13.5. The molecule has 0 saturated carbocycles. The monoisotopic (exact) mass is 306 g/mol. The first-order valence-electron chi connectivity index (χ1n) is 5.91. The van der Waals surface area contributed by atoms with Gasteiger partial charge in [-0.15, -0.1) is 11.8 Å². The third-order valence-electron chi connectivity index (χ3n) is 2.46. The van der Waals surface area contributed by atoms with Crippen molar-refractivity contribution in [2.75, 3.05) is 6.54 Å². The van der Waals surface area contributed by atoms with Crippen molar-refractivity contribution in [3.63, 3.8) is 0 Å². The molecule has 0 bridgehead atoms. The lowest BCUT2D eigenvalue weighted by Gasteiger charge is -2.04. The number of hydrogen-bond donors (Lipinski definition) is 1. The van der Waals surface area contributed by atoms with Crippen LogP contribution < -0.4 is 5.73 Å². The van der Waals surface area contributed by atoms with E-state index in [0.717, 1.165) is 10.6 Å². The minimum Gasteiger partial charge on any atom is -0.320 e. The Balaban J connectivity index is 2.12. The third kappa shape index (κ3) is 3.97. The summed E-state index contributed by atoms with van der Waals surface area (Å²) < 4.78 is 13.5. The number of rotatable bonds is 3. The van der Waals surface area contributed by atoms with Crippen LogP contribution in [-0.4, -0.2) is 11.5 Å². The van der Waals surface area contributed by atoms with E-state index in [1.807, 2.05) is 0 Å². The Hall–Kier alpha value is -1.54. The molecule has 1 heterocycles. The van der Waals surface area contributed by atoms with Gasteiger partial charge in [0.25, 0.3) is 0 Å². The molecule has 2 aromatic rings. The number of thioether (sulfide) groups is 1. The second-order valence-corrected chi connectivity index (χ2v) is 5.27. The van der Waals surface area contributed by atoms with Gasteiger partial charge in [0.2, 0.25) is 0 Å². The van der Waals surface area contributed by atoms with Gasteiger partial charge in [-0.3, -0.25) is 0 Å². The van der Waals surface area contributed by atoms with Crippen LogP contribution in [0.3, 0.4) is 0 Å². The minimum absolute atomic E-state index is 0.210. The number of pyridine rings is 1. The Morgan fingerprint density at radius 2 is 2.20 bits per heavy atom. The molecule has 0 aliphatic carbocycles. The van der Waals surface area contributed by atoms with Crippen molar-refractivity contribution in [2.24, 2.45) is 5.73 Å². The fraction of sp³-hybridized carbons (Fsp3) is 0.133. The third-order valence-corrected chi connectivity index (χ3v) is 3.95. The van der Waals surface area contributed by atoms with Gasteiger partial charge in [-0.2, -0.15) is 0 Å². The first-order valence-corrected chi connectivity index (χ1v) is 7.27. The molecule has 5 heteroatoms. The summed E-state index contributed by atoms with van der Waals surface area (Å²) in [6, 6.07) is 8.44. The molecule has 0 spiro atoms. The van der Waals surface area contributed by atoms with Crippen molar-refractivity contribution < 1.29 is 4.39 Å².